The molecule has 2 aromatic heterocycles. The van der Waals surface area contributed by atoms with Crippen molar-refractivity contribution in [3.8, 4) is 0 Å². The highest BCUT2D eigenvalue weighted by molar-refractivity contribution is 6.30. The summed E-state index contributed by atoms with van der Waals surface area (Å²) in [6.45, 7) is 0. The average molecular weight is 225 g/mol. The van der Waals surface area contributed by atoms with Crippen LogP contribution in [-0.4, -0.2) is 22.5 Å². The summed E-state index contributed by atoms with van der Waals surface area (Å²) in [6, 6.07) is 3.55. The van der Waals surface area contributed by atoms with Crippen molar-refractivity contribution in [2.45, 2.75) is 6.42 Å². The minimum Gasteiger partial charge on any atom is -0.469 e. The predicted octanol–water partition coefficient (Wildman–Crippen LogP) is 1.70. The van der Waals surface area contributed by atoms with Crippen LogP contribution in [0.3, 0.4) is 0 Å². The van der Waals surface area contributed by atoms with Gasteiger partial charge >= 0.3 is 5.97 Å². The zero-order valence-corrected chi connectivity index (χ0v) is 8.86. The van der Waals surface area contributed by atoms with Crippen LogP contribution < -0.4 is 0 Å². The Labute approximate surface area is 91.4 Å². The van der Waals surface area contributed by atoms with Gasteiger partial charge in [0.15, 0.2) is 0 Å². The molecule has 0 saturated carbocycles. The fraction of sp³-hybridized carbons (Fsp3) is 0.200. The summed E-state index contributed by atoms with van der Waals surface area (Å²) in [5.41, 5.74) is 1.43. The molecule has 4 nitrogen and oxygen atoms in total. The molecular weight excluding hydrogens is 216 g/mol. The van der Waals surface area contributed by atoms with Gasteiger partial charge in [-0.05, 0) is 12.1 Å². The van der Waals surface area contributed by atoms with E-state index in [1.165, 1.54) is 7.11 Å². The first-order valence-corrected chi connectivity index (χ1v) is 4.77. The Morgan fingerprint density at radius 3 is 3.07 bits per heavy atom. The van der Waals surface area contributed by atoms with Crippen LogP contribution in [0.1, 0.15) is 5.69 Å². The standard InChI is InChI=1S/C10H9ClN2O2/c1-15-10(14)4-8-6-13-5-7(11)2-3-9(13)12-8/h2-3,5-6H,4H2,1H3. The topological polar surface area (TPSA) is 43.6 Å². The molecule has 2 aromatic rings. The number of rotatable bonds is 2. The Bertz CT molecular complexity index is 507. The van der Waals surface area contributed by atoms with E-state index in [4.69, 9.17) is 11.6 Å². The third-order valence-corrected chi connectivity index (χ3v) is 2.24. The molecule has 0 saturated heterocycles. The summed E-state index contributed by atoms with van der Waals surface area (Å²) >= 11 is 5.82. The summed E-state index contributed by atoms with van der Waals surface area (Å²) < 4.78 is 6.34. The van der Waals surface area contributed by atoms with E-state index in [1.807, 2.05) is 0 Å². The maximum absolute atomic E-state index is 11.0. The van der Waals surface area contributed by atoms with Crippen LogP contribution in [-0.2, 0) is 16.0 Å². The van der Waals surface area contributed by atoms with Gasteiger partial charge in [0.1, 0.15) is 5.65 Å². The molecule has 0 spiro atoms. The smallest absolute Gasteiger partial charge is 0.311 e. The summed E-state index contributed by atoms with van der Waals surface area (Å²) in [5, 5.41) is 0.629. The number of methoxy groups -OCH3 is 1. The number of hydrogen-bond donors (Lipinski definition) is 0. The molecule has 0 unspecified atom stereocenters. The lowest BCUT2D eigenvalue weighted by Crippen LogP contribution is -2.04. The van der Waals surface area contributed by atoms with Gasteiger partial charge in [0.05, 0.1) is 24.2 Å². The number of pyridine rings is 1. The first-order valence-electron chi connectivity index (χ1n) is 4.39. The van der Waals surface area contributed by atoms with Crippen molar-refractivity contribution >= 4 is 23.2 Å². The van der Waals surface area contributed by atoms with E-state index >= 15 is 0 Å². The van der Waals surface area contributed by atoms with Crippen molar-refractivity contribution in [2.75, 3.05) is 7.11 Å². The fourth-order valence-electron chi connectivity index (χ4n) is 1.32. The number of carbonyl (C=O) groups is 1. The quantitative estimate of drug-likeness (QED) is 0.730. The first kappa shape index (κ1) is 9.98. The van der Waals surface area contributed by atoms with Crippen molar-refractivity contribution in [3.63, 3.8) is 0 Å². The molecule has 2 rings (SSSR count). The van der Waals surface area contributed by atoms with Crippen molar-refractivity contribution in [1.82, 2.24) is 9.38 Å². The molecule has 0 bridgehead atoms. The van der Waals surface area contributed by atoms with Gasteiger partial charge in [0, 0.05) is 12.4 Å². The molecule has 0 radical (unpaired) electrons. The number of carbonyl (C=O) groups excluding carboxylic acids is 1. The van der Waals surface area contributed by atoms with E-state index in [1.54, 1.807) is 28.9 Å². The summed E-state index contributed by atoms with van der Waals surface area (Å²) in [4.78, 5) is 15.3. The number of fused-ring (bicyclic) bond motifs is 1. The van der Waals surface area contributed by atoms with Crippen LogP contribution in [0, 0.1) is 0 Å². The van der Waals surface area contributed by atoms with Gasteiger partial charge < -0.3 is 9.14 Å². The third kappa shape index (κ3) is 2.10. The lowest BCUT2D eigenvalue weighted by molar-refractivity contribution is -0.139. The van der Waals surface area contributed by atoms with E-state index in [9.17, 15) is 4.79 Å². The summed E-state index contributed by atoms with van der Waals surface area (Å²) in [5.74, 6) is -0.301. The number of ether oxygens (including phenoxy) is 1. The van der Waals surface area contributed by atoms with Crippen LogP contribution >= 0.6 is 11.6 Å². The van der Waals surface area contributed by atoms with Gasteiger partial charge in [-0.2, -0.15) is 0 Å². The number of nitrogens with zero attached hydrogens (tertiary/aromatic N) is 2. The molecule has 0 aliphatic rings. The van der Waals surface area contributed by atoms with Crippen LogP contribution in [0.5, 0.6) is 0 Å². The third-order valence-electron chi connectivity index (χ3n) is 2.02. The maximum atomic E-state index is 11.0. The van der Waals surface area contributed by atoms with Crippen LogP contribution in [0.25, 0.3) is 5.65 Å². The zero-order valence-electron chi connectivity index (χ0n) is 8.11. The molecule has 2 heterocycles. The van der Waals surface area contributed by atoms with Gasteiger partial charge in [0.2, 0.25) is 0 Å². The fourth-order valence-corrected chi connectivity index (χ4v) is 1.49. The van der Waals surface area contributed by atoms with Crippen molar-refractivity contribution in [2.24, 2.45) is 0 Å². The molecular formula is C10H9ClN2O2. The number of imidazole rings is 1. The van der Waals surface area contributed by atoms with Gasteiger partial charge in [-0.15, -0.1) is 0 Å². The van der Waals surface area contributed by atoms with Crippen molar-refractivity contribution in [3.05, 3.63) is 35.2 Å². The molecule has 78 valence electrons. The van der Waals surface area contributed by atoms with Gasteiger partial charge in [-0.3, -0.25) is 4.79 Å². The van der Waals surface area contributed by atoms with Crippen molar-refractivity contribution in [1.29, 1.82) is 0 Å². The normalized spacial score (nSPS) is 10.5. The number of hydrogen-bond acceptors (Lipinski definition) is 3. The molecule has 0 aliphatic carbocycles. The molecule has 0 aromatic carbocycles. The highest BCUT2D eigenvalue weighted by Gasteiger charge is 2.07. The molecule has 15 heavy (non-hydrogen) atoms. The number of halogens is 1. The van der Waals surface area contributed by atoms with E-state index < -0.39 is 0 Å². The lowest BCUT2D eigenvalue weighted by atomic mass is 10.3. The van der Waals surface area contributed by atoms with E-state index in [2.05, 4.69) is 9.72 Å². The van der Waals surface area contributed by atoms with Gasteiger partial charge in [-0.1, -0.05) is 11.6 Å². The summed E-state index contributed by atoms with van der Waals surface area (Å²) in [6.07, 6.45) is 3.68. The lowest BCUT2D eigenvalue weighted by Gasteiger charge is -1.93. The van der Waals surface area contributed by atoms with E-state index in [-0.39, 0.29) is 12.4 Å². The SMILES string of the molecule is COC(=O)Cc1cn2cc(Cl)ccc2n1. The van der Waals surface area contributed by atoms with Gasteiger partial charge in [-0.25, -0.2) is 4.98 Å². The Morgan fingerprint density at radius 2 is 2.33 bits per heavy atom. The molecule has 0 amide bonds. The van der Waals surface area contributed by atoms with Crippen LogP contribution in [0.2, 0.25) is 5.02 Å². The predicted molar refractivity (Wildman–Crippen MR) is 55.9 cm³/mol. The Morgan fingerprint density at radius 1 is 1.53 bits per heavy atom. The zero-order chi connectivity index (χ0) is 10.8. The maximum Gasteiger partial charge on any atom is 0.311 e. The minimum atomic E-state index is -0.301. The van der Waals surface area contributed by atoms with E-state index in [0.29, 0.717) is 10.7 Å². The Kier molecular flexibility index (Phi) is 2.60. The Hall–Kier alpha value is -1.55. The first-order chi connectivity index (χ1) is 7.19. The van der Waals surface area contributed by atoms with Crippen LogP contribution in [0.4, 0.5) is 0 Å². The molecule has 0 aliphatic heterocycles. The highest BCUT2D eigenvalue weighted by Crippen LogP contribution is 2.12. The van der Waals surface area contributed by atoms with Crippen LogP contribution in [0.15, 0.2) is 24.5 Å². The highest BCUT2D eigenvalue weighted by atomic mass is 35.5. The summed E-state index contributed by atoms with van der Waals surface area (Å²) in [7, 11) is 1.36. The molecule has 0 atom stereocenters. The Balaban J connectivity index is 2.34. The average Bonchev–Trinajstić information content (AvgIpc) is 2.59. The van der Waals surface area contributed by atoms with Crippen molar-refractivity contribution < 1.29 is 9.53 Å². The largest absolute Gasteiger partial charge is 0.469 e. The number of aromatic nitrogens is 2. The second-order valence-corrected chi connectivity index (χ2v) is 3.53. The molecule has 0 N–H and O–H groups in total. The van der Waals surface area contributed by atoms with E-state index in [0.717, 1.165) is 5.65 Å². The monoisotopic (exact) mass is 224 g/mol. The molecule has 5 heteroatoms. The number of esters is 1. The second kappa shape index (κ2) is 3.90. The van der Waals surface area contributed by atoms with Gasteiger partial charge in [0.25, 0.3) is 0 Å². The second-order valence-electron chi connectivity index (χ2n) is 3.10. The minimum absolute atomic E-state index is 0.176. The molecule has 0 fully saturated rings.